The molecule has 0 aromatic carbocycles. The second-order valence-electron chi connectivity index (χ2n) is 4.95. The standard InChI is InChI=1S/C14H19Br2N3O/c15-11-8-12(16)13(18-9-11)10-17-5-4-14(20)19-6-2-1-3-7-19/h8-9,17H,1-7,10H2. The number of hydrogen-bond donors (Lipinski definition) is 1. The predicted octanol–water partition coefficient (Wildman–Crippen LogP) is 3.10. The largest absolute Gasteiger partial charge is 0.343 e. The van der Waals surface area contributed by atoms with E-state index in [9.17, 15) is 4.79 Å². The molecule has 1 aliphatic heterocycles. The molecule has 0 atom stereocenters. The molecular formula is C14H19Br2N3O. The van der Waals surface area contributed by atoms with E-state index in [1.54, 1.807) is 6.20 Å². The summed E-state index contributed by atoms with van der Waals surface area (Å²) < 4.78 is 1.93. The Balaban J connectivity index is 1.69. The molecule has 1 aromatic rings. The maximum atomic E-state index is 12.0. The summed E-state index contributed by atoms with van der Waals surface area (Å²) in [5.74, 6) is 0.264. The zero-order chi connectivity index (χ0) is 14.4. The van der Waals surface area contributed by atoms with Crippen LogP contribution in [0.15, 0.2) is 21.2 Å². The van der Waals surface area contributed by atoms with Gasteiger partial charge in [0.1, 0.15) is 0 Å². The lowest BCUT2D eigenvalue weighted by Gasteiger charge is -2.26. The van der Waals surface area contributed by atoms with E-state index in [2.05, 4.69) is 42.2 Å². The normalized spacial score (nSPS) is 15.4. The second-order valence-corrected chi connectivity index (χ2v) is 6.72. The lowest BCUT2D eigenvalue weighted by Crippen LogP contribution is -2.37. The summed E-state index contributed by atoms with van der Waals surface area (Å²) in [4.78, 5) is 18.3. The van der Waals surface area contributed by atoms with Crippen LogP contribution in [-0.2, 0) is 11.3 Å². The van der Waals surface area contributed by atoms with Gasteiger partial charge in [0.25, 0.3) is 0 Å². The third kappa shape index (κ3) is 4.82. The Morgan fingerprint density at radius 2 is 2.05 bits per heavy atom. The third-order valence-electron chi connectivity index (χ3n) is 3.40. The van der Waals surface area contributed by atoms with Gasteiger partial charge in [0.05, 0.1) is 5.69 Å². The average Bonchev–Trinajstić information content (AvgIpc) is 2.46. The fraction of sp³-hybridized carbons (Fsp3) is 0.571. The monoisotopic (exact) mass is 403 g/mol. The van der Waals surface area contributed by atoms with Crippen molar-refractivity contribution in [3.05, 3.63) is 26.9 Å². The fourth-order valence-corrected chi connectivity index (χ4v) is 3.40. The van der Waals surface area contributed by atoms with Crippen molar-refractivity contribution in [1.29, 1.82) is 0 Å². The summed E-state index contributed by atoms with van der Waals surface area (Å²) >= 11 is 6.86. The summed E-state index contributed by atoms with van der Waals surface area (Å²) in [6, 6.07) is 1.98. The van der Waals surface area contributed by atoms with Crippen molar-refractivity contribution in [3.63, 3.8) is 0 Å². The molecule has 1 aromatic heterocycles. The first-order valence-electron chi connectivity index (χ1n) is 6.95. The molecule has 1 aliphatic rings. The molecular weight excluding hydrogens is 386 g/mol. The van der Waals surface area contributed by atoms with Crippen molar-refractivity contribution in [3.8, 4) is 0 Å². The van der Waals surface area contributed by atoms with E-state index < -0.39 is 0 Å². The van der Waals surface area contributed by atoms with Gasteiger partial charge >= 0.3 is 0 Å². The minimum atomic E-state index is 0.264. The van der Waals surface area contributed by atoms with Gasteiger partial charge in [-0.2, -0.15) is 0 Å². The second kappa shape index (κ2) is 8.10. The minimum Gasteiger partial charge on any atom is -0.343 e. The van der Waals surface area contributed by atoms with Crippen LogP contribution in [0.2, 0.25) is 0 Å². The van der Waals surface area contributed by atoms with Crippen LogP contribution in [0.25, 0.3) is 0 Å². The number of piperidine rings is 1. The quantitative estimate of drug-likeness (QED) is 0.767. The van der Waals surface area contributed by atoms with Crippen LogP contribution in [0.3, 0.4) is 0 Å². The minimum absolute atomic E-state index is 0.264. The molecule has 0 spiro atoms. The first-order chi connectivity index (χ1) is 9.66. The highest BCUT2D eigenvalue weighted by Gasteiger charge is 2.15. The highest BCUT2D eigenvalue weighted by atomic mass is 79.9. The summed E-state index contributed by atoms with van der Waals surface area (Å²) in [7, 11) is 0. The molecule has 1 saturated heterocycles. The highest BCUT2D eigenvalue weighted by Crippen LogP contribution is 2.19. The van der Waals surface area contributed by atoms with Crippen molar-refractivity contribution in [2.24, 2.45) is 0 Å². The SMILES string of the molecule is O=C(CCNCc1ncc(Br)cc1Br)N1CCCCC1. The van der Waals surface area contributed by atoms with Crippen LogP contribution in [-0.4, -0.2) is 35.4 Å². The summed E-state index contributed by atoms with van der Waals surface area (Å²) in [5.41, 5.74) is 0.957. The molecule has 0 radical (unpaired) electrons. The molecule has 2 rings (SSSR count). The number of rotatable bonds is 5. The Labute approximate surface area is 136 Å². The zero-order valence-electron chi connectivity index (χ0n) is 11.4. The fourth-order valence-electron chi connectivity index (χ4n) is 2.28. The molecule has 0 bridgehead atoms. The maximum Gasteiger partial charge on any atom is 0.223 e. The van der Waals surface area contributed by atoms with E-state index in [4.69, 9.17) is 0 Å². The Hall–Kier alpha value is -0.460. The predicted molar refractivity (Wildman–Crippen MR) is 86.4 cm³/mol. The van der Waals surface area contributed by atoms with Crippen LogP contribution in [0.5, 0.6) is 0 Å². The maximum absolute atomic E-state index is 12.0. The van der Waals surface area contributed by atoms with Gasteiger partial charge in [0.15, 0.2) is 0 Å². The van der Waals surface area contributed by atoms with Gasteiger partial charge in [-0.05, 0) is 57.2 Å². The van der Waals surface area contributed by atoms with Crippen LogP contribution in [0, 0.1) is 0 Å². The number of hydrogen-bond acceptors (Lipinski definition) is 3. The number of nitrogens with zero attached hydrogens (tertiary/aromatic N) is 2. The van der Waals surface area contributed by atoms with Crippen molar-refractivity contribution < 1.29 is 4.79 Å². The summed E-state index contributed by atoms with van der Waals surface area (Å²) in [5, 5.41) is 3.28. The summed E-state index contributed by atoms with van der Waals surface area (Å²) in [6.07, 6.45) is 5.89. The number of aromatic nitrogens is 1. The van der Waals surface area contributed by atoms with Crippen LogP contribution in [0.4, 0.5) is 0 Å². The number of likely N-dealkylation sites (tertiary alicyclic amines) is 1. The van der Waals surface area contributed by atoms with Crippen LogP contribution in [0.1, 0.15) is 31.4 Å². The Morgan fingerprint density at radius 1 is 1.30 bits per heavy atom. The van der Waals surface area contributed by atoms with E-state index in [1.807, 2.05) is 11.0 Å². The Bertz CT molecular complexity index is 462. The number of pyridine rings is 1. The number of halogens is 2. The number of carbonyl (C=O) groups is 1. The molecule has 1 N–H and O–H groups in total. The first-order valence-corrected chi connectivity index (χ1v) is 8.54. The Morgan fingerprint density at radius 3 is 2.75 bits per heavy atom. The highest BCUT2D eigenvalue weighted by molar-refractivity contribution is 9.11. The molecule has 110 valence electrons. The number of amides is 1. The zero-order valence-corrected chi connectivity index (χ0v) is 14.5. The molecule has 2 heterocycles. The van der Waals surface area contributed by atoms with Gasteiger partial charge in [0.2, 0.25) is 5.91 Å². The van der Waals surface area contributed by atoms with Crippen molar-refractivity contribution >= 4 is 37.8 Å². The van der Waals surface area contributed by atoms with Crippen molar-refractivity contribution in [2.75, 3.05) is 19.6 Å². The molecule has 0 unspecified atom stereocenters. The molecule has 1 fully saturated rings. The van der Waals surface area contributed by atoms with Gasteiger partial charge in [-0.1, -0.05) is 0 Å². The Kier molecular flexibility index (Phi) is 6.45. The molecule has 4 nitrogen and oxygen atoms in total. The smallest absolute Gasteiger partial charge is 0.223 e. The van der Waals surface area contributed by atoms with Crippen molar-refractivity contribution in [1.82, 2.24) is 15.2 Å². The van der Waals surface area contributed by atoms with Gasteiger partial charge in [-0.3, -0.25) is 9.78 Å². The molecule has 0 saturated carbocycles. The van der Waals surface area contributed by atoms with E-state index in [0.29, 0.717) is 19.5 Å². The van der Waals surface area contributed by atoms with Gasteiger partial charge in [-0.25, -0.2) is 0 Å². The molecule has 1 amide bonds. The van der Waals surface area contributed by atoms with E-state index in [1.165, 1.54) is 6.42 Å². The lowest BCUT2D eigenvalue weighted by atomic mass is 10.1. The molecule has 0 aliphatic carbocycles. The van der Waals surface area contributed by atoms with Gasteiger partial charge in [0, 0.05) is 47.7 Å². The van der Waals surface area contributed by atoms with E-state index in [-0.39, 0.29) is 5.91 Å². The average molecular weight is 405 g/mol. The van der Waals surface area contributed by atoms with Gasteiger partial charge < -0.3 is 10.2 Å². The molecule has 6 heteroatoms. The number of carbonyl (C=O) groups excluding carboxylic acids is 1. The number of nitrogens with one attached hydrogen (secondary N) is 1. The van der Waals surface area contributed by atoms with E-state index in [0.717, 1.165) is 40.6 Å². The van der Waals surface area contributed by atoms with Crippen LogP contribution >= 0.6 is 31.9 Å². The third-order valence-corrected chi connectivity index (χ3v) is 4.52. The topological polar surface area (TPSA) is 45.2 Å². The lowest BCUT2D eigenvalue weighted by molar-refractivity contribution is -0.131. The molecule has 20 heavy (non-hydrogen) atoms. The van der Waals surface area contributed by atoms with Crippen LogP contribution < -0.4 is 5.32 Å². The van der Waals surface area contributed by atoms with Gasteiger partial charge in [-0.15, -0.1) is 0 Å². The summed E-state index contributed by atoms with van der Waals surface area (Å²) in [6.45, 7) is 3.22. The first kappa shape index (κ1) is 15.9. The van der Waals surface area contributed by atoms with E-state index >= 15 is 0 Å². The van der Waals surface area contributed by atoms with Crippen molar-refractivity contribution in [2.45, 2.75) is 32.2 Å².